The highest BCUT2D eigenvalue weighted by atomic mass is 16.7. The number of rotatable bonds is 5. The zero-order chi connectivity index (χ0) is 24.4. The molecule has 1 spiro atoms. The number of anilines is 4. The fraction of sp³-hybridized carbons (Fsp3) is 0.448. The predicted molar refractivity (Wildman–Crippen MR) is 145 cm³/mol. The second-order valence-electron chi connectivity index (χ2n) is 10.6. The molecule has 2 aromatic carbocycles. The van der Waals surface area contributed by atoms with Gasteiger partial charge in [-0.15, -0.1) is 0 Å². The van der Waals surface area contributed by atoms with Crippen LogP contribution in [-0.2, 0) is 4.84 Å². The number of hydroxylamine groups is 1. The summed E-state index contributed by atoms with van der Waals surface area (Å²) in [5.41, 5.74) is 4.14. The summed E-state index contributed by atoms with van der Waals surface area (Å²) >= 11 is 0. The van der Waals surface area contributed by atoms with Crippen LogP contribution in [0.2, 0.25) is 0 Å². The largest absolute Gasteiger partial charge is 0.371 e. The average molecular weight is 485 g/mol. The van der Waals surface area contributed by atoms with Gasteiger partial charge in [-0.2, -0.15) is 0 Å². The highest BCUT2D eigenvalue weighted by Crippen LogP contribution is 2.42. The Bertz CT molecular complexity index is 1140. The van der Waals surface area contributed by atoms with Crippen molar-refractivity contribution in [3.63, 3.8) is 0 Å². The zero-order valence-corrected chi connectivity index (χ0v) is 21.1. The van der Waals surface area contributed by atoms with E-state index in [9.17, 15) is 0 Å². The molecule has 7 nitrogen and oxygen atoms in total. The van der Waals surface area contributed by atoms with Gasteiger partial charge in [0.15, 0.2) is 5.82 Å². The molecule has 6 rings (SSSR count). The van der Waals surface area contributed by atoms with Gasteiger partial charge in [0.25, 0.3) is 0 Å². The smallest absolute Gasteiger partial charge is 0.158 e. The van der Waals surface area contributed by atoms with E-state index in [2.05, 4.69) is 80.7 Å². The molecule has 7 heteroatoms. The van der Waals surface area contributed by atoms with Crippen LogP contribution in [0, 0.1) is 5.41 Å². The first-order chi connectivity index (χ1) is 17.7. The van der Waals surface area contributed by atoms with E-state index in [1.54, 1.807) is 6.33 Å². The van der Waals surface area contributed by atoms with Crippen molar-refractivity contribution in [2.24, 2.45) is 5.41 Å². The maximum absolute atomic E-state index is 5.95. The number of nitrogens with zero attached hydrogens (tertiary/aromatic N) is 5. The lowest BCUT2D eigenvalue weighted by molar-refractivity contribution is 0.0945. The lowest BCUT2D eigenvalue weighted by Crippen LogP contribution is -2.46. The first-order valence-corrected chi connectivity index (χ1v) is 13.3. The monoisotopic (exact) mass is 484 g/mol. The summed E-state index contributed by atoms with van der Waals surface area (Å²) in [6.07, 6.45) is 7.88. The maximum atomic E-state index is 5.95. The minimum atomic E-state index is 0.159. The standard InChI is InChI=1S/C29H36N6O/c1-33-16-12-29(13-17-33)14-18-34(19-15-29)25-9-7-24(8-10-25)32-27-21-28(31-22-30-27)35-26(11-20-36-35)23-5-3-2-4-6-23/h2-10,21-22,26H,11-20H2,1H3,(H,30,31,32). The zero-order valence-electron chi connectivity index (χ0n) is 21.1. The first-order valence-electron chi connectivity index (χ1n) is 13.3. The van der Waals surface area contributed by atoms with Gasteiger partial charge in [-0.1, -0.05) is 30.3 Å². The van der Waals surface area contributed by atoms with Crippen LogP contribution in [0.3, 0.4) is 0 Å². The summed E-state index contributed by atoms with van der Waals surface area (Å²) in [6.45, 7) is 5.50. The summed E-state index contributed by atoms with van der Waals surface area (Å²) in [6, 6.07) is 21.3. The van der Waals surface area contributed by atoms with Crippen molar-refractivity contribution >= 4 is 23.0 Å². The molecule has 3 aromatic rings. The van der Waals surface area contributed by atoms with E-state index in [4.69, 9.17) is 4.84 Å². The molecule has 3 aliphatic heterocycles. The van der Waals surface area contributed by atoms with Crippen LogP contribution in [0.15, 0.2) is 67.0 Å². The van der Waals surface area contributed by atoms with Crippen LogP contribution in [0.1, 0.15) is 43.7 Å². The molecule has 1 atom stereocenters. The third-order valence-electron chi connectivity index (χ3n) is 8.34. The van der Waals surface area contributed by atoms with Gasteiger partial charge < -0.3 is 15.1 Å². The summed E-state index contributed by atoms with van der Waals surface area (Å²) in [7, 11) is 2.25. The normalized spacial score (nSPS) is 22.2. The fourth-order valence-corrected chi connectivity index (χ4v) is 5.94. The lowest BCUT2D eigenvalue weighted by Gasteiger charge is -2.46. The summed E-state index contributed by atoms with van der Waals surface area (Å²) < 4.78 is 0. The third-order valence-corrected chi connectivity index (χ3v) is 8.34. The van der Waals surface area contributed by atoms with E-state index >= 15 is 0 Å². The van der Waals surface area contributed by atoms with Crippen molar-refractivity contribution in [1.29, 1.82) is 0 Å². The van der Waals surface area contributed by atoms with Crippen LogP contribution < -0.4 is 15.3 Å². The number of hydrogen-bond donors (Lipinski definition) is 1. The van der Waals surface area contributed by atoms with Crippen LogP contribution >= 0.6 is 0 Å². The fourth-order valence-electron chi connectivity index (χ4n) is 5.94. The van der Waals surface area contributed by atoms with Gasteiger partial charge in [0.1, 0.15) is 12.1 Å². The molecule has 0 saturated carbocycles. The van der Waals surface area contributed by atoms with E-state index in [0.29, 0.717) is 12.0 Å². The molecular weight excluding hydrogens is 448 g/mol. The summed E-state index contributed by atoms with van der Waals surface area (Å²) in [5, 5.41) is 5.36. The van der Waals surface area contributed by atoms with Crippen molar-refractivity contribution < 1.29 is 4.84 Å². The summed E-state index contributed by atoms with van der Waals surface area (Å²) in [5.74, 6) is 1.53. The van der Waals surface area contributed by atoms with Crippen molar-refractivity contribution in [1.82, 2.24) is 14.9 Å². The Morgan fingerprint density at radius 3 is 2.36 bits per heavy atom. The Morgan fingerprint density at radius 1 is 0.889 bits per heavy atom. The molecule has 188 valence electrons. The SMILES string of the molecule is CN1CCC2(CC1)CCN(c1ccc(Nc3cc(N4OCCC4c4ccccc4)ncn3)cc1)CC2. The molecule has 3 aliphatic rings. The van der Waals surface area contributed by atoms with Gasteiger partial charge in [0, 0.05) is 37.0 Å². The number of nitrogens with one attached hydrogen (secondary N) is 1. The molecule has 0 bridgehead atoms. The van der Waals surface area contributed by atoms with E-state index in [0.717, 1.165) is 36.8 Å². The van der Waals surface area contributed by atoms with Crippen LogP contribution in [0.5, 0.6) is 0 Å². The minimum absolute atomic E-state index is 0.159. The van der Waals surface area contributed by atoms with E-state index in [-0.39, 0.29) is 6.04 Å². The lowest BCUT2D eigenvalue weighted by atomic mass is 9.71. The van der Waals surface area contributed by atoms with E-state index < -0.39 is 0 Å². The molecule has 1 aromatic heterocycles. The van der Waals surface area contributed by atoms with Crippen LogP contribution in [0.25, 0.3) is 0 Å². The molecule has 1 N–H and O–H groups in total. The van der Waals surface area contributed by atoms with Crippen molar-refractivity contribution in [3.8, 4) is 0 Å². The number of aromatic nitrogens is 2. The third kappa shape index (κ3) is 4.90. The van der Waals surface area contributed by atoms with Crippen molar-refractivity contribution in [2.45, 2.75) is 38.1 Å². The van der Waals surface area contributed by atoms with Crippen LogP contribution in [-0.4, -0.2) is 54.7 Å². The van der Waals surface area contributed by atoms with E-state index in [1.165, 1.54) is 50.0 Å². The number of likely N-dealkylation sites (tertiary alicyclic amines) is 1. The van der Waals surface area contributed by atoms with Gasteiger partial charge in [-0.25, -0.2) is 15.0 Å². The Hall–Kier alpha value is -3.16. The molecule has 3 fully saturated rings. The van der Waals surface area contributed by atoms with Crippen molar-refractivity contribution in [2.75, 3.05) is 55.1 Å². The maximum Gasteiger partial charge on any atom is 0.158 e. The van der Waals surface area contributed by atoms with Crippen molar-refractivity contribution in [3.05, 3.63) is 72.6 Å². The second-order valence-corrected chi connectivity index (χ2v) is 10.6. The predicted octanol–water partition coefficient (Wildman–Crippen LogP) is 5.42. The number of hydrogen-bond acceptors (Lipinski definition) is 7. The van der Waals surface area contributed by atoms with Gasteiger partial charge in [0.05, 0.1) is 12.6 Å². The Balaban J connectivity index is 1.09. The molecule has 0 amide bonds. The molecule has 4 heterocycles. The molecule has 3 saturated heterocycles. The quantitative estimate of drug-likeness (QED) is 0.519. The highest BCUT2D eigenvalue weighted by Gasteiger charge is 2.36. The average Bonchev–Trinajstić information content (AvgIpc) is 3.43. The van der Waals surface area contributed by atoms with Crippen LogP contribution in [0.4, 0.5) is 23.0 Å². The molecule has 36 heavy (non-hydrogen) atoms. The van der Waals surface area contributed by atoms with Gasteiger partial charge in [-0.05, 0) is 81.1 Å². The molecular formula is C29H36N6O. The Morgan fingerprint density at radius 2 is 1.61 bits per heavy atom. The minimum Gasteiger partial charge on any atom is -0.371 e. The molecule has 0 aliphatic carbocycles. The number of piperidine rings is 2. The van der Waals surface area contributed by atoms with Gasteiger partial charge >= 0.3 is 0 Å². The topological polar surface area (TPSA) is 56.8 Å². The molecule has 1 unspecified atom stereocenters. The Labute approximate surface area is 214 Å². The molecule has 0 radical (unpaired) electrons. The van der Waals surface area contributed by atoms with E-state index in [1.807, 2.05) is 17.2 Å². The van der Waals surface area contributed by atoms with Gasteiger partial charge in [-0.3, -0.25) is 4.84 Å². The number of benzene rings is 2. The second kappa shape index (κ2) is 10.1. The highest BCUT2D eigenvalue weighted by molar-refractivity contribution is 5.62. The summed E-state index contributed by atoms with van der Waals surface area (Å²) in [4.78, 5) is 19.9. The first kappa shape index (κ1) is 23.3. The Kier molecular flexibility index (Phi) is 6.50. The van der Waals surface area contributed by atoms with Gasteiger partial charge in [0.2, 0.25) is 0 Å².